The zero-order valence-corrected chi connectivity index (χ0v) is 11.8. The molecule has 2 aromatic carbocycles. The number of hydrogen-bond acceptors (Lipinski definition) is 4. The van der Waals surface area contributed by atoms with E-state index in [9.17, 15) is 4.79 Å². The third kappa shape index (κ3) is 3.52. The number of nitrogens with zero attached hydrogens (tertiary/aromatic N) is 1. The van der Waals surface area contributed by atoms with Crippen LogP contribution in [0.15, 0.2) is 42.5 Å². The molecule has 0 aliphatic heterocycles. The molecule has 0 aliphatic carbocycles. The fourth-order valence-electron chi connectivity index (χ4n) is 2.14. The fraction of sp³-hybridized carbons (Fsp3) is 0.188. The van der Waals surface area contributed by atoms with Crippen LogP contribution in [0.3, 0.4) is 0 Å². The van der Waals surface area contributed by atoms with E-state index < -0.39 is 5.97 Å². The van der Waals surface area contributed by atoms with Crippen LogP contribution in [0, 0.1) is 0 Å². The van der Waals surface area contributed by atoms with E-state index in [1.807, 2.05) is 36.2 Å². The van der Waals surface area contributed by atoms with Crippen molar-refractivity contribution in [1.29, 1.82) is 0 Å². The predicted octanol–water partition coefficient (Wildman–Crippen LogP) is 2.10. The first-order valence-electron chi connectivity index (χ1n) is 6.54. The summed E-state index contributed by atoms with van der Waals surface area (Å²) in [6.07, 6.45) is 0. The third-order valence-electron chi connectivity index (χ3n) is 3.31. The van der Waals surface area contributed by atoms with Gasteiger partial charge in [0.2, 0.25) is 0 Å². The molecule has 0 amide bonds. The molecule has 5 heteroatoms. The number of nitrogen functional groups attached to an aromatic ring is 1. The molecule has 2 rings (SSSR count). The Morgan fingerprint density at radius 1 is 1.14 bits per heavy atom. The molecule has 5 nitrogen and oxygen atoms in total. The Bertz CT molecular complexity index is 638. The van der Waals surface area contributed by atoms with Crippen molar-refractivity contribution in [3.63, 3.8) is 0 Å². The highest BCUT2D eigenvalue weighted by molar-refractivity contribution is 5.90. The molecule has 0 fully saturated rings. The molecule has 0 atom stereocenters. The van der Waals surface area contributed by atoms with Crippen LogP contribution in [0.2, 0.25) is 0 Å². The monoisotopic (exact) mass is 286 g/mol. The summed E-state index contributed by atoms with van der Waals surface area (Å²) < 4.78 is 0. The van der Waals surface area contributed by atoms with Gasteiger partial charge >= 0.3 is 5.97 Å². The Labute approximate surface area is 123 Å². The number of rotatable bonds is 5. The molecule has 0 bridgehead atoms. The van der Waals surface area contributed by atoms with E-state index in [1.54, 1.807) is 12.1 Å². The van der Waals surface area contributed by atoms with E-state index >= 15 is 0 Å². The summed E-state index contributed by atoms with van der Waals surface area (Å²) in [5.74, 6) is -0.990. The lowest BCUT2D eigenvalue weighted by Crippen LogP contribution is -2.18. The van der Waals surface area contributed by atoms with Crippen molar-refractivity contribution in [2.45, 2.75) is 13.2 Å². The van der Waals surface area contributed by atoms with Gasteiger partial charge in [0.25, 0.3) is 0 Å². The number of carbonyl (C=O) groups is 1. The van der Waals surface area contributed by atoms with E-state index in [0.29, 0.717) is 12.2 Å². The maximum absolute atomic E-state index is 10.9. The van der Waals surface area contributed by atoms with Crippen LogP contribution < -0.4 is 10.6 Å². The zero-order valence-electron chi connectivity index (χ0n) is 11.8. The Morgan fingerprint density at radius 2 is 1.76 bits per heavy atom. The summed E-state index contributed by atoms with van der Waals surface area (Å²) in [5, 5.41) is 18.0. The lowest BCUT2D eigenvalue weighted by molar-refractivity contribution is 0.0697. The Kier molecular flexibility index (Phi) is 4.45. The molecule has 0 aliphatic rings. The maximum Gasteiger partial charge on any atom is 0.335 e. The molecule has 21 heavy (non-hydrogen) atoms. The van der Waals surface area contributed by atoms with Gasteiger partial charge in [0, 0.05) is 13.6 Å². The molecular weight excluding hydrogens is 268 g/mol. The highest BCUT2D eigenvalue weighted by Crippen LogP contribution is 2.25. The minimum atomic E-state index is -0.990. The second-order valence-corrected chi connectivity index (χ2v) is 4.91. The first-order valence-corrected chi connectivity index (χ1v) is 6.54. The molecule has 0 saturated carbocycles. The maximum atomic E-state index is 10.9. The number of anilines is 2. The molecular formula is C16H18N2O3. The van der Waals surface area contributed by atoms with E-state index in [1.165, 1.54) is 6.07 Å². The smallest absolute Gasteiger partial charge is 0.335 e. The summed E-state index contributed by atoms with van der Waals surface area (Å²) in [7, 11) is 1.89. The van der Waals surface area contributed by atoms with E-state index in [0.717, 1.165) is 16.8 Å². The van der Waals surface area contributed by atoms with Gasteiger partial charge in [-0.2, -0.15) is 0 Å². The minimum absolute atomic E-state index is 0.0275. The normalized spacial score (nSPS) is 10.4. The van der Waals surface area contributed by atoms with Gasteiger partial charge in [0.15, 0.2) is 0 Å². The SMILES string of the molecule is CN(Cc1ccc(CO)cc1)c1ccc(C(=O)O)cc1N. The summed E-state index contributed by atoms with van der Waals surface area (Å²) >= 11 is 0. The summed E-state index contributed by atoms with van der Waals surface area (Å²) in [4.78, 5) is 12.8. The Balaban J connectivity index is 2.15. The van der Waals surface area contributed by atoms with Crippen LogP contribution in [0.1, 0.15) is 21.5 Å². The van der Waals surface area contributed by atoms with Crippen molar-refractivity contribution in [2.24, 2.45) is 0 Å². The molecule has 4 N–H and O–H groups in total. The Morgan fingerprint density at radius 3 is 2.29 bits per heavy atom. The number of nitrogens with two attached hydrogens (primary N) is 1. The first kappa shape index (κ1) is 14.9. The largest absolute Gasteiger partial charge is 0.478 e. The van der Waals surface area contributed by atoms with Gasteiger partial charge < -0.3 is 20.8 Å². The number of aromatic carboxylic acids is 1. The molecule has 0 radical (unpaired) electrons. The Hall–Kier alpha value is -2.53. The number of aliphatic hydroxyl groups is 1. The number of hydrogen-bond donors (Lipinski definition) is 3. The number of carboxylic acid groups (broad SMARTS) is 1. The van der Waals surface area contributed by atoms with E-state index in [2.05, 4.69) is 0 Å². The van der Waals surface area contributed by atoms with Gasteiger partial charge in [-0.25, -0.2) is 4.79 Å². The average Bonchev–Trinajstić information content (AvgIpc) is 2.47. The summed E-state index contributed by atoms with van der Waals surface area (Å²) in [6, 6.07) is 12.4. The van der Waals surface area contributed by atoms with Crippen LogP contribution in [0.25, 0.3) is 0 Å². The van der Waals surface area contributed by atoms with E-state index in [4.69, 9.17) is 15.9 Å². The zero-order chi connectivity index (χ0) is 15.4. The molecule has 0 saturated heterocycles. The molecule has 110 valence electrons. The minimum Gasteiger partial charge on any atom is -0.478 e. The molecule has 0 aromatic heterocycles. The third-order valence-corrected chi connectivity index (χ3v) is 3.31. The number of benzene rings is 2. The van der Waals surface area contributed by atoms with Crippen LogP contribution in [0.4, 0.5) is 11.4 Å². The second-order valence-electron chi connectivity index (χ2n) is 4.91. The van der Waals surface area contributed by atoms with Crippen molar-refractivity contribution in [3.8, 4) is 0 Å². The van der Waals surface area contributed by atoms with Crippen molar-refractivity contribution in [3.05, 3.63) is 59.2 Å². The highest BCUT2D eigenvalue weighted by Gasteiger charge is 2.10. The van der Waals surface area contributed by atoms with Crippen molar-refractivity contribution in [2.75, 3.05) is 17.7 Å². The van der Waals surface area contributed by atoms with E-state index in [-0.39, 0.29) is 12.2 Å². The fourth-order valence-corrected chi connectivity index (χ4v) is 2.14. The van der Waals surface area contributed by atoms with Gasteiger partial charge in [-0.15, -0.1) is 0 Å². The molecule has 0 heterocycles. The number of aliphatic hydroxyl groups excluding tert-OH is 1. The van der Waals surface area contributed by atoms with Gasteiger partial charge in [0.05, 0.1) is 23.5 Å². The van der Waals surface area contributed by atoms with Crippen LogP contribution >= 0.6 is 0 Å². The van der Waals surface area contributed by atoms with Crippen LogP contribution in [-0.4, -0.2) is 23.2 Å². The summed E-state index contributed by atoms with van der Waals surface area (Å²) in [5.41, 5.74) is 9.26. The van der Waals surface area contributed by atoms with Gasteiger partial charge in [0.1, 0.15) is 0 Å². The van der Waals surface area contributed by atoms with Crippen molar-refractivity contribution < 1.29 is 15.0 Å². The lowest BCUT2D eigenvalue weighted by atomic mass is 10.1. The highest BCUT2D eigenvalue weighted by atomic mass is 16.4. The predicted molar refractivity (Wildman–Crippen MR) is 82.3 cm³/mol. The van der Waals surface area contributed by atoms with Gasteiger partial charge in [-0.05, 0) is 29.3 Å². The summed E-state index contributed by atoms with van der Waals surface area (Å²) in [6.45, 7) is 0.669. The number of carboxylic acids is 1. The standard InChI is InChI=1S/C16H18N2O3/c1-18(9-11-2-4-12(10-19)5-3-11)15-7-6-13(16(20)21)8-14(15)17/h2-8,19H,9-10,17H2,1H3,(H,20,21). The second kappa shape index (κ2) is 6.28. The topological polar surface area (TPSA) is 86.8 Å². The molecule has 0 unspecified atom stereocenters. The van der Waals surface area contributed by atoms with Gasteiger partial charge in [-0.1, -0.05) is 24.3 Å². The average molecular weight is 286 g/mol. The lowest BCUT2D eigenvalue weighted by Gasteiger charge is -2.21. The molecule has 2 aromatic rings. The van der Waals surface area contributed by atoms with Crippen molar-refractivity contribution in [1.82, 2.24) is 0 Å². The molecule has 0 spiro atoms. The van der Waals surface area contributed by atoms with Crippen LogP contribution in [-0.2, 0) is 13.2 Å². The quantitative estimate of drug-likeness (QED) is 0.733. The first-order chi connectivity index (χ1) is 10.0. The van der Waals surface area contributed by atoms with Crippen LogP contribution in [0.5, 0.6) is 0 Å². The van der Waals surface area contributed by atoms with Gasteiger partial charge in [-0.3, -0.25) is 0 Å². The van der Waals surface area contributed by atoms with Crippen molar-refractivity contribution >= 4 is 17.3 Å².